The van der Waals surface area contributed by atoms with Crippen molar-refractivity contribution in [3.8, 4) is 17.2 Å². The van der Waals surface area contributed by atoms with Gasteiger partial charge in [-0.1, -0.05) is 24.3 Å². The van der Waals surface area contributed by atoms with Crippen molar-refractivity contribution in [3.63, 3.8) is 0 Å². The number of carbonyl (C=O) groups is 1. The average Bonchev–Trinajstić information content (AvgIpc) is 3.05. The van der Waals surface area contributed by atoms with E-state index in [0.29, 0.717) is 17.1 Å². The average molecular weight is 365 g/mol. The predicted octanol–water partition coefficient (Wildman–Crippen LogP) is 3.72. The Balaban J connectivity index is 1.83. The number of cyclic esters (lactones) is 1. The Morgan fingerprint density at radius 3 is 2.37 bits per heavy atom. The summed E-state index contributed by atoms with van der Waals surface area (Å²) >= 11 is 0. The number of nitrogens with zero attached hydrogens (tertiary/aromatic N) is 1. The van der Waals surface area contributed by atoms with Gasteiger partial charge < -0.3 is 18.9 Å². The van der Waals surface area contributed by atoms with Crippen LogP contribution in [-0.2, 0) is 9.53 Å². The second-order valence-corrected chi connectivity index (χ2v) is 5.56. The Hall–Kier alpha value is -3.54. The van der Waals surface area contributed by atoms with Gasteiger partial charge in [-0.05, 0) is 35.9 Å². The van der Waals surface area contributed by atoms with Gasteiger partial charge >= 0.3 is 5.97 Å². The first-order valence-corrected chi connectivity index (χ1v) is 8.20. The number of carbonyl (C=O) groups excluding carboxylic acids is 1. The van der Waals surface area contributed by atoms with E-state index in [1.54, 1.807) is 45.6 Å². The van der Waals surface area contributed by atoms with Gasteiger partial charge in [0.15, 0.2) is 17.2 Å². The number of hydrogen-bond acceptors (Lipinski definition) is 6. The molecule has 6 heteroatoms. The number of rotatable bonds is 6. The molecular formula is C21H19NO5. The maximum absolute atomic E-state index is 12.1. The molecule has 138 valence electrons. The first-order chi connectivity index (χ1) is 13.1. The summed E-state index contributed by atoms with van der Waals surface area (Å²) in [5.74, 6) is 1.58. The monoisotopic (exact) mass is 365 g/mol. The minimum absolute atomic E-state index is 0.191. The summed E-state index contributed by atoms with van der Waals surface area (Å²) in [6, 6.07) is 12.9. The molecule has 0 spiro atoms. The summed E-state index contributed by atoms with van der Waals surface area (Å²) in [6.07, 6.45) is 5.06. The smallest absolute Gasteiger partial charge is 0.363 e. The first-order valence-electron chi connectivity index (χ1n) is 8.20. The van der Waals surface area contributed by atoms with Crippen molar-refractivity contribution in [2.75, 3.05) is 21.3 Å². The zero-order chi connectivity index (χ0) is 19.2. The quantitative estimate of drug-likeness (QED) is 0.577. The third-order valence-corrected chi connectivity index (χ3v) is 3.90. The molecule has 1 aliphatic heterocycles. The van der Waals surface area contributed by atoms with E-state index in [2.05, 4.69) is 4.99 Å². The highest BCUT2D eigenvalue weighted by Gasteiger charge is 2.22. The Kier molecular flexibility index (Phi) is 5.56. The fraction of sp³-hybridized carbons (Fsp3) is 0.143. The maximum atomic E-state index is 12.1. The van der Waals surface area contributed by atoms with Crippen molar-refractivity contribution < 1.29 is 23.7 Å². The van der Waals surface area contributed by atoms with Crippen LogP contribution in [-0.4, -0.2) is 33.2 Å². The van der Waals surface area contributed by atoms with Crippen LogP contribution in [0, 0.1) is 0 Å². The molecular weight excluding hydrogens is 346 g/mol. The van der Waals surface area contributed by atoms with Gasteiger partial charge in [-0.15, -0.1) is 0 Å². The van der Waals surface area contributed by atoms with Gasteiger partial charge in [0.2, 0.25) is 5.90 Å². The number of para-hydroxylation sites is 1. The van der Waals surface area contributed by atoms with Crippen molar-refractivity contribution in [1.82, 2.24) is 0 Å². The number of ether oxygens (including phenoxy) is 4. The van der Waals surface area contributed by atoms with Crippen molar-refractivity contribution in [2.45, 2.75) is 0 Å². The van der Waals surface area contributed by atoms with E-state index in [4.69, 9.17) is 18.9 Å². The topological polar surface area (TPSA) is 66.3 Å². The lowest BCUT2D eigenvalue weighted by atomic mass is 10.1. The molecule has 0 unspecified atom stereocenters. The maximum Gasteiger partial charge on any atom is 0.363 e. The van der Waals surface area contributed by atoms with Gasteiger partial charge in [0.1, 0.15) is 5.75 Å². The molecule has 2 aromatic rings. The van der Waals surface area contributed by atoms with Crippen LogP contribution >= 0.6 is 0 Å². The highest BCUT2D eigenvalue weighted by atomic mass is 16.6. The van der Waals surface area contributed by atoms with Gasteiger partial charge in [0.05, 0.1) is 21.3 Å². The Morgan fingerprint density at radius 1 is 0.926 bits per heavy atom. The number of methoxy groups -OCH3 is 3. The van der Waals surface area contributed by atoms with Crippen molar-refractivity contribution in [3.05, 3.63) is 65.4 Å². The molecule has 0 aliphatic carbocycles. The van der Waals surface area contributed by atoms with E-state index >= 15 is 0 Å². The lowest BCUT2D eigenvalue weighted by molar-refractivity contribution is -0.129. The molecule has 27 heavy (non-hydrogen) atoms. The second-order valence-electron chi connectivity index (χ2n) is 5.56. The minimum atomic E-state index is -0.519. The number of benzene rings is 2. The Bertz CT molecular complexity index is 926. The summed E-state index contributed by atoms with van der Waals surface area (Å²) in [5.41, 5.74) is 1.80. The lowest BCUT2D eigenvalue weighted by Crippen LogP contribution is -2.01. The van der Waals surface area contributed by atoms with Gasteiger partial charge in [-0.2, -0.15) is 0 Å². The van der Waals surface area contributed by atoms with Crippen molar-refractivity contribution in [1.29, 1.82) is 0 Å². The Labute approximate surface area is 157 Å². The van der Waals surface area contributed by atoms with Gasteiger partial charge in [-0.3, -0.25) is 0 Å². The largest absolute Gasteiger partial charge is 0.497 e. The number of hydrogen-bond donors (Lipinski definition) is 0. The van der Waals surface area contributed by atoms with Crippen LogP contribution in [0.25, 0.3) is 12.2 Å². The van der Waals surface area contributed by atoms with Crippen LogP contribution in [0.3, 0.4) is 0 Å². The lowest BCUT2D eigenvalue weighted by Gasteiger charge is -2.09. The molecule has 0 radical (unpaired) electrons. The molecule has 0 atom stereocenters. The third kappa shape index (κ3) is 4.17. The van der Waals surface area contributed by atoms with E-state index < -0.39 is 5.97 Å². The predicted molar refractivity (Wildman–Crippen MR) is 103 cm³/mol. The van der Waals surface area contributed by atoms with Crippen LogP contribution in [0.1, 0.15) is 11.1 Å². The van der Waals surface area contributed by atoms with Crippen LogP contribution in [0.2, 0.25) is 0 Å². The standard InChI is InChI=1S/C21H19NO5/c1-24-16-10-7-14(8-11-16)9-12-19-22-17(21(23)27-19)13-15-5-4-6-18(25-2)20(15)26-3/h4-13H,1-3H3/b12-9+,17-13?. The van der Waals surface area contributed by atoms with E-state index in [-0.39, 0.29) is 11.6 Å². The first kappa shape index (κ1) is 18.3. The zero-order valence-corrected chi connectivity index (χ0v) is 15.3. The summed E-state index contributed by atoms with van der Waals surface area (Å²) in [6.45, 7) is 0. The molecule has 0 fully saturated rings. The molecule has 0 N–H and O–H groups in total. The fourth-order valence-electron chi connectivity index (χ4n) is 2.55. The van der Waals surface area contributed by atoms with Gasteiger partial charge in [0, 0.05) is 11.6 Å². The Morgan fingerprint density at radius 2 is 1.70 bits per heavy atom. The molecule has 0 bridgehead atoms. The molecule has 6 nitrogen and oxygen atoms in total. The van der Waals surface area contributed by atoms with E-state index in [0.717, 1.165) is 11.3 Å². The summed E-state index contributed by atoms with van der Waals surface area (Å²) < 4.78 is 21.0. The normalized spacial score (nSPS) is 15.0. The molecule has 1 heterocycles. The summed E-state index contributed by atoms with van der Waals surface area (Å²) in [4.78, 5) is 16.4. The molecule has 1 aliphatic rings. The van der Waals surface area contributed by atoms with Crippen molar-refractivity contribution >= 4 is 24.0 Å². The third-order valence-electron chi connectivity index (χ3n) is 3.90. The van der Waals surface area contributed by atoms with E-state index in [1.807, 2.05) is 36.4 Å². The molecule has 3 rings (SSSR count). The molecule has 0 amide bonds. The van der Waals surface area contributed by atoms with E-state index in [1.165, 1.54) is 0 Å². The highest BCUT2D eigenvalue weighted by Crippen LogP contribution is 2.32. The van der Waals surface area contributed by atoms with Crippen LogP contribution in [0.5, 0.6) is 17.2 Å². The van der Waals surface area contributed by atoms with E-state index in [9.17, 15) is 4.79 Å². The second kappa shape index (κ2) is 8.23. The summed E-state index contributed by atoms with van der Waals surface area (Å²) in [7, 11) is 4.71. The van der Waals surface area contributed by atoms with Gasteiger partial charge in [0.25, 0.3) is 0 Å². The molecule has 0 saturated carbocycles. The zero-order valence-electron chi connectivity index (χ0n) is 15.3. The minimum Gasteiger partial charge on any atom is -0.497 e. The van der Waals surface area contributed by atoms with Crippen LogP contribution < -0.4 is 14.2 Å². The molecule has 0 saturated heterocycles. The fourth-order valence-corrected chi connectivity index (χ4v) is 2.55. The molecule has 2 aromatic carbocycles. The highest BCUT2D eigenvalue weighted by molar-refractivity contribution is 6.11. The number of aliphatic imine (C=N–C) groups is 1. The van der Waals surface area contributed by atoms with Crippen LogP contribution in [0.15, 0.2) is 59.2 Å². The van der Waals surface area contributed by atoms with Crippen molar-refractivity contribution in [2.24, 2.45) is 4.99 Å². The summed E-state index contributed by atoms with van der Waals surface area (Å²) in [5, 5.41) is 0. The van der Waals surface area contributed by atoms with Crippen LogP contribution in [0.4, 0.5) is 0 Å². The molecule has 0 aromatic heterocycles. The number of esters is 1. The van der Waals surface area contributed by atoms with Gasteiger partial charge in [-0.25, -0.2) is 9.79 Å². The SMILES string of the molecule is COc1ccc(/C=C/C2=NC(=Cc3cccc(OC)c3OC)C(=O)O2)cc1.